The van der Waals surface area contributed by atoms with Gasteiger partial charge in [-0.3, -0.25) is 4.79 Å². The second-order valence-corrected chi connectivity index (χ2v) is 5.14. The number of nitrogens with two attached hydrogens (primary N) is 1. The average molecular weight is 305 g/mol. The number of nitrogens with zero attached hydrogens (tertiary/aromatic N) is 4. The van der Waals surface area contributed by atoms with Crippen molar-refractivity contribution in [1.82, 2.24) is 20.2 Å². The highest BCUT2D eigenvalue weighted by Gasteiger charge is 2.12. The van der Waals surface area contributed by atoms with E-state index in [-0.39, 0.29) is 12.5 Å². The van der Waals surface area contributed by atoms with Crippen molar-refractivity contribution >= 4 is 11.7 Å². The van der Waals surface area contributed by atoms with Gasteiger partial charge >= 0.3 is 5.97 Å². The molecule has 8 nitrogen and oxygen atoms in total. The van der Waals surface area contributed by atoms with Gasteiger partial charge in [0.05, 0.1) is 11.8 Å². The van der Waals surface area contributed by atoms with E-state index in [0.29, 0.717) is 30.2 Å². The van der Waals surface area contributed by atoms with Crippen molar-refractivity contribution in [3.8, 4) is 17.1 Å². The lowest BCUT2D eigenvalue weighted by Crippen LogP contribution is -2.08. The van der Waals surface area contributed by atoms with Crippen LogP contribution in [0.25, 0.3) is 11.4 Å². The second-order valence-electron chi connectivity index (χ2n) is 5.14. The van der Waals surface area contributed by atoms with Gasteiger partial charge in [-0.25, -0.2) is 4.68 Å². The summed E-state index contributed by atoms with van der Waals surface area (Å²) in [6.07, 6.45) is 0.564. The molecule has 118 valence electrons. The number of aromatic nitrogens is 4. The standard InChI is InChI=1S/C14H19N5O3/c1-9(2)22-12-6-5-10(8-11(12)15)14-16-17-18-19(14)7-3-4-13(20)21/h5-6,8-9H,3-4,7,15H2,1-2H3,(H,20,21). The summed E-state index contributed by atoms with van der Waals surface area (Å²) >= 11 is 0. The molecule has 2 aromatic rings. The molecule has 0 fully saturated rings. The van der Waals surface area contributed by atoms with E-state index >= 15 is 0 Å². The smallest absolute Gasteiger partial charge is 0.303 e. The molecule has 1 heterocycles. The third-order valence-corrected chi connectivity index (χ3v) is 2.92. The Morgan fingerprint density at radius 1 is 1.45 bits per heavy atom. The number of carbonyl (C=O) groups is 1. The van der Waals surface area contributed by atoms with Crippen LogP contribution in [0.4, 0.5) is 5.69 Å². The topological polar surface area (TPSA) is 116 Å². The fourth-order valence-electron chi connectivity index (χ4n) is 1.99. The number of aryl methyl sites for hydroxylation is 1. The predicted octanol–water partition coefficient (Wildman–Crippen LogP) is 1.57. The van der Waals surface area contributed by atoms with Gasteiger partial charge in [-0.05, 0) is 48.9 Å². The van der Waals surface area contributed by atoms with Crippen LogP contribution in [0.2, 0.25) is 0 Å². The quantitative estimate of drug-likeness (QED) is 0.746. The fourth-order valence-corrected chi connectivity index (χ4v) is 1.99. The first-order chi connectivity index (χ1) is 10.5. The highest BCUT2D eigenvalue weighted by molar-refractivity contribution is 5.67. The first-order valence-electron chi connectivity index (χ1n) is 7.02. The zero-order valence-electron chi connectivity index (χ0n) is 12.6. The SMILES string of the molecule is CC(C)Oc1ccc(-c2nnnn2CCCC(=O)O)cc1N. The van der Waals surface area contributed by atoms with Crippen LogP contribution >= 0.6 is 0 Å². The molecule has 0 amide bonds. The molecule has 1 aromatic heterocycles. The van der Waals surface area contributed by atoms with Gasteiger partial charge < -0.3 is 15.6 Å². The average Bonchev–Trinajstić information content (AvgIpc) is 2.88. The van der Waals surface area contributed by atoms with Gasteiger partial charge in [0.1, 0.15) is 5.75 Å². The third kappa shape index (κ3) is 3.94. The van der Waals surface area contributed by atoms with Crippen LogP contribution in [0.15, 0.2) is 18.2 Å². The number of carboxylic acid groups (broad SMARTS) is 1. The highest BCUT2D eigenvalue weighted by atomic mass is 16.5. The first-order valence-corrected chi connectivity index (χ1v) is 7.02. The minimum Gasteiger partial charge on any atom is -0.489 e. The van der Waals surface area contributed by atoms with E-state index < -0.39 is 5.97 Å². The molecule has 22 heavy (non-hydrogen) atoms. The molecule has 0 saturated heterocycles. The number of hydrogen-bond donors (Lipinski definition) is 2. The molecule has 0 unspecified atom stereocenters. The maximum Gasteiger partial charge on any atom is 0.303 e. The molecule has 0 aliphatic heterocycles. The van der Waals surface area contributed by atoms with Gasteiger partial charge in [0.25, 0.3) is 0 Å². The number of hydrogen-bond acceptors (Lipinski definition) is 6. The Balaban J connectivity index is 2.16. The number of tetrazole rings is 1. The molecule has 0 bridgehead atoms. The van der Waals surface area contributed by atoms with E-state index in [1.807, 2.05) is 19.9 Å². The van der Waals surface area contributed by atoms with E-state index in [1.165, 1.54) is 0 Å². The van der Waals surface area contributed by atoms with E-state index in [9.17, 15) is 4.79 Å². The summed E-state index contributed by atoms with van der Waals surface area (Å²) in [6, 6.07) is 5.35. The summed E-state index contributed by atoms with van der Waals surface area (Å²) in [5.41, 5.74) is 7.25. The van der Waals surface area contributed by atoms with Crippen molar-refractivity contribution in [2.75, 3.05) is 5.73 Å². The summed E-state index contributed by atoms with van der Waals surface area (Å²) in [5, 5.41) is 20.2. The van der Waals surface area contributed by atoms with E-state index in [0.717, 1.165) is 5.56 Å². The van der Waals surface area contributed by atoms with Gasteiger partial charge in [0.15, 0.2) is 5.82 Å². The second kappa shape index (κ2) is 6.88. The van der Waals surface area contributed by atoms with Crippen LogP contribution in [0.5, 0.6) is 5.75 Å². The molecule has 3 N–H and O–H groups in total. The molecule has 0 atom stereocenters. The van der Waals surface area contributed by atoms with Crippen molar-refractivity contribution in [1.29, 1.82) is 0 Å². The van der Waals surface area contributed by atoms with Crippen LogP contribution in [0.3, 0.4) is 0 Å². The molecule has 0 aliphatic carbocycles. The maximum absolute atomic E-state index is 10.6. The van der Waals surface area contributed by atoms with Crippen LogP contribution in [-0.2, 0) is 11.3 Å². The Morgan fingerprint density at radius 2 is 2.23 bits per heavy atom. The molecule has 0 aliphatic rings. The number of rotatable bonds is 7. The molecule has 2 rings (SSSR count). The molecular formula is C14H19N5O3. The number of anilines is 1. The lowest BCUT2D eigenvalue weighted by Gasteiger charge is -2.13. The predicted molar refractivity (Wildman–Crippen MR) is 80.3 cm³/mol. The molecule has 8 heteroatoms. The van der Waals surface area contributed by atoms with Gasteiger partial charge in [-0.2, -0.15) is 0 Å². The zero-order valence-corrected chi connectivity index (χ0v) is 12.6. The lowest BCUT2D eigenvalue weighted by atomic mass is 10.1. The minimum atomic E-state index is -0.839. The Kier molecular flexibility index (Phi) is 4.92. The zero-order chi connectivity index (χ0) is 16.1. The number of carboxylic acids is 1. The van der Waals surface area contributed by atoms with Gasteiger partial charge in [0, 0.05) is 18.5 Å². The van der Waals surface area contributed by atoms with Crippen LogP contribution < -0.4 is 10.5 Å². The summed E-state index contributed by atoms with van der Waals surface area (Å²) in [6.45, 7) is 4.28. The lowest BCUT2D eigenvalue weighted by molar-refractivity contribution is -0.137. The molecular weight excluding hydrogens is 286 g/mol. The van der Waals surface area contributed by atoms with Crippen molar-refractivity contribution in [3.05, 3.63) is 18.2 Å². The Bertz CT molecular complexity index is 654. The van der Waals surface area contributed by atoms with E-state index in [4.69, 9.17) is 15.6 Å². The first kappa shape index (κ1) is 15.7. The summed E-state index contributed by atoms with van der Waals surface area (Å²) in [5.74, 6) is 0.325. The fraction of sp³-hybridized carbons (Fsp3) is 0.429. The number of aliphatic carboxylic acids is 1. The van der Waals surface area contributed by atoms with Gasteiger partial charge in [0.2, 0.25) is 0 Å². The molecule has 1 aromatic carbocycles. The Morgan fingerprint density at radius 3 is 2.86 bits per heavy atom. The summed E-state index contributed by atoms with van der Waals surface area (Å²) in [7, 11) is 0. The van der Waals surface area contributed by atoms with Crippen molar-refractivity contribution in [2.45, 2.75) is 39.3 Å². The highest BCUT2D eigenvalue weighted by Crippen LogP contribution is 2.28. The summed E-state index contributed by atoms with van der Waals surface area (Å²) in [4.78, 5) is 10.6. The minimum absolute atomic E-state index is 0.0366. The largest absolute Gasteiger partial charge is 0.489 e. The maximum atomic E-state index is 10.6. The van der Waals surface area contributed by atoms with E-state index in [2.05, 4.69) is 15.5 Å². The normalized spacial score (nSPS) is 10.9. The van der Waals surface area contributed by atoms with Gasteiger partial charge in [-0.1, -0.05) is 0 Å². The number of nitrogen functional groups attached to an aromatic ring is 1. The number of ether oxygens (including phenoxy) is 1. The molecule has 0 spiro atoms. The summed E-state index contributed by atoms with van der Waals surface area (Å²) < 4.78 is 7.16. The molecule has 0 radical (unpaired) electrons. The van der Waals surface area contributed by atoms with Crippen molar-refractivity contribution in [2.24, 2.45) is 0 Å². The molecule has 0 saturated carbocycles. The van der Waals surface area contributed by atoms with Crippen LogP contribution in [0, 0.1) is 0 Å². The van der Waals surface area contributed by atoms with Crippen molar-refractivity contribution < 1.29 is 14.6 Å². The number of benzene rings is 1. The Labute approximate surface area is 127 Å². The van der Waals surface area contributed by atoms with Crippen LogP contribution in [-0.4, -0.2) is 37.4 Å². The van der Waals surface area contributed by atoms with Crippen LogP contribution in [0.1, 0.15) is 26.7 Å². The van der Waals surface area contributed by atoms with E-state index in [1.54, 1.807) is 16.8 Å². The monoisotopic (exact) mass is 305 g/mol. The van der Waals surface area contributed by atoms with Gasteiger partial charge in [-0.15, -0.1) is 5.10 Å². The Hall–Kier alpha value is -2.64. The van der Waals surface area contributed by atoms with Crippen molar-refractivity contribution in [3.63, 3.8) is 0 Å². The third-order valence-electron chi connectivity index (χ3n) is 2.92.